The molecule has 8 nitrogen and oxygen atoms in total. The van der Waals surface area contributed by atoms with E-state index in [1.165, 1.54) is 18.3 Å². The van der Waals surface area contributed by atoms with Crippen LogP contribution in [-0.4, -0.2) is 62.2 Å². The summed E-state index contributed by atoms with van der Waals surface area (Å²) < 4.78 is 31.5. The predicted octanol–water partition coefficient (Wildman–Crippen LogP) is 4.93. The van der Waals surface area contributed by atoms with Gasteiger partial charge in [-0.25, -0.2) is 8.42 Å². The lowest BCUT2D eigenvalue weighted by Gasteiger charge is -2.33. The lowest BCUT2D eigenvalue weighted by molar-refractivity contribution is 0.0886. The van der Waals surface area contributed by atoms with Gasteiger partial charge < -0.3 is 19.9 Å². The number of carbonyl (C=O) groups is 1. The molecule has 2 aromatic carbocycles. The second kappa shape index (κ2) is 12.1. The topological polar surface area (TPSA) is 109 Å². The number of pyridine rings is 1. The highest BCUT2D eigenvalue weighted by Gasteiger charge is 2.29. The molecule has 2 fully saturated rings. The smallest absolute Gasteiger partial charge is 0.255 e. The van der Waals surface area contributed by atoms with Crippen LogP contribution < -0.4 is 15.6 Å². The molecule has 1 saturated heterocycles. The molecule has 5 rings (SSSR count). The summed E-state index contributed by atoms with van der Waals surface area (Å²) in [6, 6.07) is 9.74. The minimum Gasteiger partial charge on any atom is -0.490 e. The van der Waals surface area contributed by atoms with Gasteiger partial charge in [-0.05, 0) is 61.8 Å². The maximum absolute atomic E-state index is 13.1. The third kappa shape index (κ3) is 7.00. The Hall–Kier alpha value is -2.59. The van der Waals surface area contributed by atoms with Crippen molar-refractivity contribution in [3.8, 4) is 5.75 Å². The lowest BCUT2D eigenvalue weighted by Crippen LogP contribution is -2.42. The second-order valence-electron chi connectivity index (χ2n) is 11.0. The van der Waals surface area contributed by atoms with Crippen LogP contribution in [0, 0.1) is 11.8 Å². The number of rotatable bonds is 10. The molecule has 1 aromatic heterocycles. The van der Waals surface area contributed by atoms with Crippen molar-refractivity contribution in [3.05, 3.63) is 68.6 Å². The molecule has 11 heteroatoms. The molecule has 0 bridgehead atoms. The lowest BCUT2D eigenvalue weighted by atomic mass is 10.0. The number of hydrogen-bond acceptors (Lipinski definition) is 6. The second-order valence-corrected chi connectivity index (χ2v) is 13.8. The molecule has 40 heavy (non-hydrogen) atoms. The quantitative estimate of drug-likeness (QED) is 0.339. The Morgan fingerprint density at radius 3 is 2.52 bits per heavy atom. The summed E-state index contributed by atoms with van der Waals surface area (Å²) in [5, 5.41) is 4.59. The number of hydrogen-bond donors (Lipinski definition) is 2. The van der Waals surface area contributed by atoms with E-state index in [0.29, 0.717) is 27.5 Å². The number of benzene rings is 2. The highest BCUT2D eigenvalue weighted by molar-refractivity contribution is 7.91. The number of sulfone groups is 1. The maximum Gasteiger partial charge on any atom is 0.255 e. The number of ether oxygens (including phenoxy) is 1. The number of aromatic amines is 1. The van der Waals surface area contributed by atoms with Gasteiger partial charge in [0.2, 0.25) is 0 Å². The van der Waals surface area contributed by atoms with E-state index in [1.807, 2.05) is 6.07 Å². The van der Waals surface area contributed by atoms with Crippen molar-refractivity contribution in [2.45, 2.75) is 43.6 Å². The molecule has 2 aliphatic rings. The van der Waals surface area contributed by atoms with E-state index < -0.39 is 15.4 Å². The van der Waals surface area contributed by atoms with Gasteiger partial charge in [-0.15, -0.1) is 0 Å². The van der Waals surface area contributed by atoms with Gasteiger partial charge in [-0.1, -0.05) is 36.2 Å². The van der Waals surface area contributed by atoms with Crippen molar-refractivity contribution in [2.75, 3.05) is 31.9 Å². The maximum atomic E-state index is 13.1. The van der Waals surface area contributed by atoms with Crippen molar-refractivity contribution in [1.29, 1.82) is 0 Å². The molecule has 214 valence electrons. The standard InChI is InChI=1S/C29H33Cl2N3O5S/c1-18(16-34-10-8-20(9-11-34)39-21-4-7-26(30)27(31)12-21)14-32-29(36)25-15-33-28(35)24-13-22(5-6-23(24)25)40(37,38)17-19-2-3-19/h4-7,12-13,15,18-20H,2-3,8-11,14,16-17H2,1H3,(H,32,36)(H,33,35)/t18-/m1/s1. The Labute approximate surface area is 243 Å². The van der Waals surface area contributed by atoms with Gasteiger partial charge in [0.05, 0.1) is 26.3 Å². The van der Waals surface area contributed by atoms with E-state index in [0.717, 1.165) is 51.1 Å². The molecule has 0 spiro atoms. The number of halogens is 2. The van der Waals surface area contributed by atoms with E-state index in [9.17, 15) is 18.0 Å². The first kappa shape index (κ1) is 28.9. The number of carbonyl (C=O) groups excluding carboxylic acids is 1. The summed E-state index contributed by atoms with van der Waals surface area (Å²) in [6.07, 6.45) is 5.12. The number of nitrogens with zero attached hydrogens (tertiary/aromatic N) is 1. The summed E-state index contributed by atoms with van der Waals surface area (Å²) in [7, 11) is -3.47. The number of likely N-dealkylation sites (tertiary alicyclic amines) is 1. The van der Waals surface area contributed by atoms with Crippen LogP contribution >= 0.6 is 23.2 Å². The van der Waals surface area contributed by atoms with Gasteiger partial charge in [0.1, 0.15) is 11.9 Å². The molecule has 0 unspecified atom stereocenters. The molecule has 2 heterocycles. The summed E-state index contributed by atoms with van der Waals surface area (Å²) in [6.45, 7) is 5.16. The monoisotopic (exact) mass is 605 g/mol. The summed E-state index contributed by atoms with van der Waals surface area (Å²) in [5.74, 6) is 0.901. The number of fused-ring (bicyclic) bond motifs is 1. The first-order valence-corrected chi connectivity index (χ1v) is 16.0. The van der Waals surface area contributed by atoms with Crippen LogP contribution in [0.2, 0.25) is 10.0 Å². The van der Waals surface area contributed by atoms with E-state index in [1.54, 1.807) is 18.2 Å². The minimum absolute atomic E-state index is 0.0936. The van der Waals surface area contributed by atoms with Crippen LogP contribution in [0.3, 0.4) is 0 Å². The molecule has 1 aliphatic heterocycles. The highest BCUT2D eigenvalue weighted by atomic mass is 35.5. The Kier molecular flexibility index (Phi) is 8.75. The number of amides is 1. The third-order valence-electron chi connectivity index (χ3n) is 7.54. The van der Waals surface area contributed by atoms with E-state index in [2.05, 4.69) is 22.1 Å². The molecular formula is C29H33Cl2N3O5S. The van der Waals surface area contributed by atoms with Crippen LogP contribution in [-0.2, 0) is 9.84 Å². The van der Waals surface area contributed by atoms with E-state index in [4.69, 9.17) is 27.9 Å². The SMILES string of the molecule is C[C@H](CNC(=O)c1c[nH]c(=O)c2cc(S(=O)(=O)CC3CC3)ccc12)CN1CCC(Oc2ccc(Cl)c(Cl)c2)CC1. The van der Waals surface area contributed by atoms with Gasteiger partial charge in [0.15, 0.2) is 9.84 Å². The molecule has 0 radical (unpaired) electrons. The average Bonchev–Trinajstić information content (AvgIpc) is 3.74. The van der Waals surface area contributed by atoms with Gasteiger partial charge in [0.25, 0.3) is 11.5 Å². The molecule has 2 N–H and O–H groups in total. The van der Waals surface area contributed by atoms with Gasteiger partial charge in [-0.2, -0.15) is 0 Å². The Morgan fingerprint density at radius 2 is 1.82 bits per heavy atom. The largest absolute Gasteiger partial charge is 0.490 e. The minimum atomic E-state index is -3.47. The Balaban J connectivity index is 1.14. The van der Waals surface area contributed by atoms with E-state index in [-0.39, 0.29) is 39.9 Å². The zero-order valence-electron chi connectivity index (χ0n) is 22.3. The van der Waals surface area contributed by atoms with Crippen LogP contribution in [0.15, 0.2) is 52.3 Å². The Morgan fingerprint density at radius 1 is 1.07 bits per heavy atom. The van der Waals surface area contributed by atoms with Crippen LogP contribution in [0.1, 0.15) is 43.0 Å². The summed E-state index contributed by atoms with van der Waals surface area (Å²) >= 11 is 12.1. The van der Waals surface area contributed by atoms with E-state index >= 15 is 0 Å². The number of nitrogens with one attached hydrogen (secondary N) is 2. The normalized spacial score (nSPS) is 17.6. The molecular weight excluding hydrogens is 573 g/mol. The Bertz CT molecular complexity index is 1560. The fourth-order valence-corrected chi connectivity index (χ4v) is 7.14. The predicted molar refractivity (Wildman–Crippen MR) is 157 cm³/mol. The zero-order valence-corrected chi connectivity index (χ0v) is 24.6. The number of H-pyrrole nitrogens is 1. The van der Waals surface area contributed by atoms with Crippen LogP contribution in [0.25, 0.3) is 10.8 Å². The van der Waals surface area contributed by atoms with Gasteiger partial charge in [0, 0.05) is 49.2 Å². The number of aromatic nitrogens is 1. The summed E-state index contributed by atoms with van der Waals surface area (Å²) in [4.78, 5) is 30.6. The molecule has 1 aliphatic carbocycles. The fraction of sp³-hybridized carbons (Fsp3) is 0.448. The summed E-state index contributed by atoms with van der Waals surface area (Å²) in [5.41, 5.74) is -0.108. The highest BCUT2D eigenvalue weighted by Crippen LogP contribution is 2.33. The molecule has 3 aromatic rings. The fourth-order valence-electron chi connectivity index (χ4n) is 5.13. The molecule has 1 atom stereocenters. The van der Waals surface area contributed by atoms with Gasteiger partial charge in [-0.3, -0.25) is 9.59 Å². The van der Waals surface area contributed by atoms with Crippen LogP contribution in [0.4, 0.5) is 0 Å². The van der Waals surface area contributed by atoms with Crippen molar-refractivity contribution >= 4 is 49.7 Å². The first-order valence-electron chi connectivity index (χ1n) is 13.6. The van der Waals surface area contributed by atoms with Crippen molar-refractivity contribution in [3.63, 3.8) is 0 Å². The molecule has 1 saturated carbocycles. The van der Waals surface area contributed by atoms with Crippen LogP contribution in [0.5, 0.6) is 5.75 Å². The first-order chi connectivity index (χ1) is 19.1. The van der Waals surface area contributed by atoms with Crippen molar-refractivity contribution in [1.82, 2.24) is 15.2 Å². The zero-order chi connectivity index (χ0) is 28.4. The van der Waals surface area contributed by atoms with Crippen molar-refractivity contribution < 1.29 is 17.9 Å². The third-order valence-corrected chi connectivity index (χ3v) is 10.2. The average molecular weight is 607 g/mol. The van der Waals surface area contributed by atoms with Gasteiger partial charge >= 0.3 is 0 Å². The number of piperidine rings is 1. The molecule has 1 amide bonds. The van der Waals surface area contributed by atoms with Crippen molar-refractivity contribution in [2.24, 2.45) is 11.8 Å².